The van der Waals surface area contributed by atoms with Crippen molar-refractivity contribution in [2.24, 2.45) is 0 Å². The first kappa shape index (κ1) is 22.4. The van der Waals surface area contributed by atoms with Gasteiger partial charge in [0, 0.05) is 6.54 Å². The molecule has 14 nitrogen and oxygen atoms in total. The molecule has 6 N–H and O–H groups in total. The fourth-order valence-corrected chi connectivity index (χ4v) is 6.38. The van der Waals surface area contributed by atoms with Gasteiger partial charge in [0.25, 0.3) is 0 Å². The molecule has 0 aromatic carbocycles. The standard InChI is InChI=1S/C9H15ClN5O9P3/c10-9(26(18,19)20)27(21,22)24-25(16,17)5-23-2-1-15-4-14-6-7(11)12-3-13-8(6)15/h3-4,9H,1-2,5H2,(H,16,17)(H,21,22)(H2,11,12,13)(H2,18,19,20). The molecule has 0 spiro atoms. The van der Waals surface area contributed by atoms with Gasteiger partial charge < -0.3 is 34.6 Å². The van der Waals surface area contributed by atoms with E-state index in [1.165, 1.54) is 17.2 Å². The van der Waals surface area contributed by atoms with Gasteiger partial charge >= 0.3 is 22.8 Å². The summed E-state index contributed by atoms with van der Waals surface area (Å²) in [4.78, 5) is 45.6. The Bertz CT molecular complexity index is 964. The predicted octanol–water partition coefficient (Wildman–Crippen LogP) is 0.470. The molecule has 2 rings (SSSR count). The van der Waals surface area contributed by atoms with Crippen LogP contribution in [0.3, 0.4) is 0 Å². The number of nitrogens with two attached hydrogens (primary N) is 1. The third-order valence-electron chi connectivity index (χ3n) is 2.95. The van der Waals surface area contributed by atoms with E-state index in [0.717, 1.165) is 0 Å². The lowest BCUT2D eigenvalue weighted by atomic mass is 10.5. The Kier molecular flexibility index (Phi) is 6.81. The molecule has 0 radical (unpaired) electrons. The van der Waals surface area contributed by atoms with Crippen LogP contribution in [0.25, 0.3) is 11.2 Å². The summed E-state index contributed by atoms with van der Waals surface area (Å²) in [6.45, 7) is -0.0217. The van der Waals surface area contributed by atoms with E-state index in [-0.39, 0.29) is 19.0 Å². The van der Waals surface area contributed by atoms with E-state index in [4.69, 9.17) is 31.9 Å². The molecule has 0 amide bonds. The normalized spacial score (nSPS) is 18.1. The highest BCUT2D eigenvalue weighted by molar-refractivity contribution is 7.77. The topological polar surface area (TPSA) is 220 Å². The van der Waals surface area contributed by atoms with Crippen molar-refractivity contribution >= 4 is 51.4 Å². The SMILES string of the molecule is Nc1ncnc2c1ncn2CCOCP(=O)(O)OP(=O)(O)C(Cl)P(=O)(O)O. The highest BCUT2D eigenvalue weighted by atomic mass is 35.5. The number of anilines is 1. The summed E-state index contributed by atoms with van der Waals surface area (Å²) in [6.07, 6.45) is 1.61. The lowest BCUT2D eigenvalue weighted by Crippen LogP contribution is -2.09. The van der Waals surface area contributed by atoms with Crippen LogP contribution >= 0.6 is 34.4 Å². The first-order valence-corrected chi connectivity index (χ1v) is 12.4. The molecule has 2 aromatic heterocycles. The highest BCUT2D eigenvalue weighted by Gasteiger charge is 2.48. The van der Waals surface area contributed by atoms with Gasteiger partial charge in [0.05, 0.1) is 12.9 Å². The molecule has 3 unspecified atom stereocenters. The summed E-state index contributed by atoms with van der Waals surface area (Å²) in [5.74, 6) is 0.173. The molecular weight excluding hydrogens is 451 g/mol. The van der Waals surface area contributed by atoms with Crippen molar-refractivity contribution in [3.63, 3.8) is 0 Å². The molecular formula is C9H15ClN5O9P3. The van der Waals surface area contributed by atoms with Gasteiger partial charge in [-0.05, 0) is 0 Å². The van der Waals surface area contributed by atoms with E-state index in [0.29, 0.717) is 11.2 Å². The number of hydrogen-bond donors (Lipinski definition) is 5. The van der Waals surface area contributed by atoms with Crippen molar-refractivity contribution in [2.75, 3.05) is 18.7 Å². The van der Waals surface area contributed by atoms with Crippen molar-refractivity contribution in [3.05, 3.63) is 12.7 Å². The van der Waals surface area contributed by atoms with Gasteiger partial charge in [-0.25, -0.2) is 19.3 Å². The molecule has 0 aliphatic carbocycles. The Labute approximate surface area is 156 Å². The molecule has 2 aromatic rings. The van der Waals surface area contributed by atoms with Crippen molar-refractivity contribution in [3.8, 4) is 0 Å². The van der Waals surface area contributed by atoms with E-state index in [2.05, 4.69) is 19.3 Å². The van der Waals surface area contributed by atoms with Gasteiger partial charge in [0.15, 0.2) is 11.5 Å². The van der Waals surface area contributed by atoms with Crippen LogP contribution in [0.4, 0.5) is 5.82 Å². The second-order valence-electron chi connectivity index (χ2n) is 5.09. The molecule has 0 fully saturated rings. The lowest BCUT2D eigenvalue weighted by Gasteiger charge is -2.20. The maximum Gasteiger partial charge on any atom is 0.365 e. The number of nitrogens with zero attached hydrogens (tertiary/aromatic N) is 4. The van der Waals surface area contributed by atoms with E-state index < -0.39 is 34.0 Å². The number of halogens is 1. The number of alkyl halides is 1. The first-order valence-electron chi connectivity index (χ1n) is 6.87. The monoisotopic (exact) mass is 465 g/mol. The van der Waals surface area contributed by atoms with Crippen LogP contribution in [0.2, 0.25) is 0 Å². The minimum atomic E-state index is -5.30. The number of rotatable bonds is 9. The summed E-state index contributed by atoms with van der Waals surface area (Å²) in [6, 6.07) is 0. The Hall–Kier alpha value is -0.910. The van der Waals surface area contributed by atoms with Crippen LogP contribution < -0.4 is 5.73 Å². The third-order valence-corrected chi connectivity index (χ3v) is 9.79. The van der Waals surface area contributed by atoms with E-state index in [1.807, 2.05) is 0 Å². The third kappa shape index (κ3) is 5.78. The highest BCUT2D eigenvalue weighted by Crippen LogP contribution is 2.70. The number of hydrogen-bond acceptors (Lipinski definition) is 9. The summed E-state index contributed by atoms with van der Waals surface area (Å²) in [5, 5.41) is 0. The molecule has 152 valence electrons. The smallest absolute Gasteiger partial charge is 0.365 e. The van der Waals surface area contributed by atoms with Crippen LogP contribution in [0, 0.1) is 0 Å². The summed E-state index contributed by atoms with van der Waals surface area (Å²) < 4.78 is 44.9. The molecule has 0 saturated heterocycles. The Morgan fingerprint density at radius 3 is 2.48 bits per heavy atom. The molecule has 0 aliphatic heterocycles. The Balaban J connectivity index is 1.92. The molecule has 0 bridgehead atoms. The number of nitrogen functional groups attached to an aromatic ring is 1. The minimum absolute atomic E-state index is 0.129. The van der Waals surface area contributed by atoms with E-state index in [9.17, 15) is 23.5 Å². The molecule has 0 saturated carbocycles. The molecule has 2 heterocycles. The van der Waals surface area contributed by atoms with Gasteiger partial charge in [-0.3, -0.25) is 13.7 Å². The molecule has 0 aliphatic rings. The van der Waals surface area contributed by atoms with Gasteiger partial charge in [-0.2, -0.15) is 0 Å². The van der Waals surface area contributed by atoms with Crippen molar-refractivity contribution in [1.29, 1.82) is 0 Å². The minimum Gasteiger partial charge on any atom is -0.382 e. The van der Waals surface area contributed by atoms with Gasteiger partial charge in [-0.1, -0.05) is 11.6 Å². The molecule has 3 atom stereocenters. The van der Waals surface area contributed by atoms with Crippen molar-refractivity contribution in [2.45, 2.75) is 11.4 Å². The average Bonchev–Trinajstić information content (AvgIpc) is 2.93. The second kappa shape index (κ2) is 8.22. The van der Waals surface area contributed by atoms with Gasteiger partial charge in [-0.15, -0.1) is 0 Å². The van der Waals surface area contributed by atoms with Crippen LogP contribution in [0.15, 0.2) is 12.7 Å². The van der Waals surface area contributed by atoms with Crippen LogP contribution in [0.5, 0.6) is 0 Å². The lowest BCUT2D eigenvalue weighted by molar-refractivity contribution is 0.149. The number of imidazole rings is 1. The zero-order valence-electron chi connectivity index (χ0n) is 13.3. The number of fused-ring (bicyclic) bond motifs is 1. The zero-order chi connectivity index (χ0) is 20.5. The summed E-state index contributed by atoms with van der Waals surface area (Å²) in [5.41, 5.74) is 6.40. The Morgan fingerprint density at radius 1 is 1.19 bits per heavy atom. The number of ether oxygens (including phenoxy) is 1. The van der Waals surface area contributed by atoms with E-state index >= 15 is 0 Å². The molecule has 18 heteroatoms. The Morgan fingerprint density at radius 2 is 1.85 bits per heavy atom. The second-order valence-corrected chi connectivity index (χ2v) is 12.1. The van der Waals surface area contributed by atoms with Crippen LogP contribution in [0.1, 0.15) is 0 Å². The van der Waals surface area contributed by atoms with Crippen molar-refractivity contribution < 1.29 is 42.3 Å². The summed E-state index contributed by atoms with van der Waals surface area (Å²) in [7, 11) is -15.4. The zero-order valence-corrected chi connectivity index (χ0v) is 16.7. The van der Waals surface area contributed by atoms with Crippen LogP contribution in [-0.2, 0) is 29.3 Å². The fourth-order valence-electron chi connectivity index (χ4n) is 1.84. The van der Waals surface area contributed by atoms with Crippen molar-refractivity contribution in [1.82, 2.24) is 19.5 Å². The molecule has 27 heavy (non-hydrogen) atoms. The van der Waals surface area contributed by atoms with Crippen LogP contribution in [-0.4, -0.2) is 56.9 Å². The maximum atomic E-state index is 11.8. The van der Waals surface area contributed by atoms with Gasteiger partial charge in [0.1, 0.15) is 18.2 Å². The summed E-state index contributed by atoms with van der Waals surface area (Å²) >= 11 is 5.14. The number of aromatic nitrogens is 4. The average molecular weight is 466 g/mol. The quantitative estimate of drug-likeness (QED) is 0.193. The maximum absolute atomic E-state index is 11.8. The fraction of sp³-hybridized carbons (Fsp3) is 0.444. The largest absolute Gasteiger partial charge is 0.382 e. The predicted molar refractivity (Wildman–Crippen MR) is 93.0 cm³/mol. The van der Waals surface area contributed by atoms with Gasteiger partial charge in [0.2, 0.25) is 4.86 Å². The first-order chi connectivity index (χ1) is 12.3. The van der Waals surface area contributed by atoms with E-state index in [1.54, 1.807) is 0 Å².